The molecule has 16 heavy (non-hydrogen) atoms. The number of anilines is 1. The fourth-order valence-electron chi connectivity index (χ4n) is 1.47. The van der Waals surface area contributed by atoms with E-state index in [0.29, 0.717) is 18.2 Å². The Kier molecular flexibility index (Phi) is 3.36. The summed E-state index contributed by atoms with van der Waals surface area (Å²) in [4.78, 5) is 11.4. The van der Waals surface area contributed by atoms with E-state index >= 15 is 0 Å². The van der Waals surface area contributed by atoms with E-state index in [9.17, 15) is 9.18 Å². The maximum absolute atomic E-state index is 12.8. The van der Waals surface area contributed by atoms with E-state index in [1.54, 1.807) is 12.1 Å². The zero-order valence-electron chi connectivity index (χ0n) is 8.79. The summed E-state index contributed by atoms with van der Waals surface area (Å²) in [6.45, 7) is 2.54. The molecule has 4 nitrogen and oxygen atoms in total. The van der Waals surface area contributed by atoms with Gasteiger partial charge in [0.1, 0.15) is 5.82 Å². The average molecular weight is 223 g/mol. The molecule has 1 aromatic carbocycles. The molecule has 0 radical (unpaired) electrons. The summed E-state index contributed by atoms with van der Waals surface area (Å²) in [5, 5.41) is 8.44. The largest absolute Gasteiger partial charge is 0.337 e. The van der Waals surface area contributed by atoms with Gasteiger partial charge in [0, 0.05) is 31.2 Å². The normalized spacial score (nSPS) is 15.3. The molecular weight excluding hydrogens is 209 g/mol. The van der Waals surface area contributed by atoms with Crippen LogP contribution in [0.1, 0.15) is 0 Å². The summed E-state index contributed by atoms with van der Waals surface area (Å²) in [5.41, 5.74) is 0.462. The van der Waals surface area contributed by atoms with Crippen molar-refractivity contribution in [3.8, 4) is 0 Å². The van der Waals surface area contributed by atoms with E-state index in [0.717, 1.165) is 13.1 Å². The van der Waals surface area contributed by atoms with Crippen LogP contribution in [0.25, 0.3) is 0 Å². The smallest absolute Gasteiger partial charge is 0.319 e. The van der Waals surface area contributed by atoms with Gasteiger partial charge in [-0.25, -0.2) is 9.18 Å². The first-order valence-corrected chi connectivity index (χ1v) is 5.25. The van der Waals surface area contributed by atoms with Crippen molar-refractivity contribution in [1.29, 1.82) is 0 Å². The SMILES string of the molecule is O=C(NCC1CNC1)Nc1cccc(F)c1. The van der Waals surface area contributed by atoms with Crippen molar-refractivity contribution in [3.63, 3.8) is 0 Å². The van der Waals surface area contributed by atoms with E-state index in [2.05, 4.69) is 16.0 Å². The number of rotatable bonds is 3. The molecule has 1 aromatic rings. The number of hydrogen-bond acceptors (Lipinski definition) is 2. The highest BCUT2D eigenvalue weighted by atomic mass is 19.1. The Labute approximate surface area is 93.2 Å². The number of amides is 2. The van der Waals surface area contributed by atoms with Crippen molar-refractivity contribution >= 4 is 11.7 Å². The van der Waals surface area contributed by atoms with E-state index in [4.69, 9.17) is 0 Å². The molecule has 5 heteroatoms. The van der Waals surface area contributed by atoms with Crippen LogP contribution in [0.3, 0.4) is 0 Å². The Hall–Kier alpha value is -1.62. The lowest BCUT2D eigenvalue weighted by Gasteiger charge is -2.27. The first kappa shape index (κ1) is 10.9. The van der Waals surface area contributed by atoms with Crippen molar-refractivity contribution in [2.45, 2.75) is 0 Å². The molecule has 2 rings (SSSR count). The van der Waals surface area contributed by atoms with Crippen LogP contribution in [0.15, 0.2) is 24.3 Å². The van der Waals surface area contributed by atoms with Gasteiger partial charge in [0.05, 0.1) is 0 Å². The Bertz CT molecular complexity index is 379. The van der Waals surface area contributed by atoms with Gasteiger partial charge in [-0.2, -0.15) is 0 Å². The number of carbonyl (C=O) groups is 1. The average Bonchev–Trinajstić information content (AvgIpc) is 2.15. The molecular formula is C11H14FN3O. The van der Waals surface area contributed by atoms with Gasteiger partial charge < -0.3 is 16.0 Å². The lowest BCUT2D eigenvalue weighted by Crippen LogP contribution is -2.48. The first-order chi connectivity index (χ1) is 7.74. The van der Waals surface area contributed by atoms with Gasteiger partial charge in [-0.15, -0.1) is 0 Å². The molecule has 3 N–H and O–H groups in total. The third kappa shape index (κ3) is 2.93. The van der Waals surface area contributed by atoms with Crippen LogP contribution in [0.4, 0.5) is 14.9 Å². The third-order valence-electron chi connectivity index (χ3n) is 2.50. The van der Waals surface area contributed by atoms with Gasteiger partial charge in [0.2, 0.25) is 0 Å². The van der Waals surface area contributed by atoms with Crippen LogP contribution in [0.2, 0.25) is 0 Å². The summed E-state index contributed by atoms with van der Waals surface area (Å²) in [7, 11) is 0. The molecule has 1 aliphatic rings. The van der Waals surface area contributed by atoms with Crippen LogP contribution in [0.5, 0.6) is 0 Å². The zero-order valence-corrected chi connectivity index (χ0v) is 8.79. The molecule has 0 aliphatic carbocycles. The summed E-state index contributed by atoms with van der Waals surface area (Å²) in [5.74, 6) is 0.152. The second-order valence-corrected chi connectivity index (χ2v) is 3.87. The first-order valence-electron chi connectivity index (χ1n) is 5.25. The Morgan fingerprint density at radius 3 is 2.94 bits per heavy atom. The Morgan fingerprint density at radius 1 is 1.50 bits per heavy atom. The fourth-order valence-corrected chi connectivity index (χ4v) is 1.47. The molecule has 0 bridgehead atoms. The molecule has 0 atom stereocenters. The molecule has 0 saturated carbocycles. The van der Waals surface area contributed by atoms with Gasteiger partial charge >= 0.3 is 6.03 Å². The van der Waals surface area contributed by atoms with Gasteiger partial charge in [0.25, 0.3) is 0 Å². The standard InChI is InChI=1S/C11H14FN3O/c12-9-2-1-3-10(4-9)15-11(16)14-7-8-5-13-6-8/h1-4,8,13H,5-7H2,(H2,14,15,16). The van der Waals surface area contributed by atoms with Crippen LogP contribution in [-0.4, -0.2) is 25.7 Å². The van der Waals surface area contributed by atoms with Crippen molar-refractivity contribution in [3.05, 3.63) is 30.1 Å². The minimum atomic E-state index is -0.360. The predicted molar refractivity (Wildman–Crippen MR) is 59.8 cm³/mol. The Morgan fingerprint density at radius 2 is 2.31 bits per heavy atom. The lowest BCUT2D eigenvalue weighted by molar-refractivity contribution is 0.246. The Balaban J connectivity index is 1.77. The van der Waals surface area contributed by atoms with E-state index in [-0.39, 0.29) is 11.8 Å². The minimum absolute atomic E-state index is 0.294. The molecule has 0 unspecified atom stereocenters. The highest BCUT2D eigenvalue weighted by Gasteiger charge is 2.16. The molecule has 1 aliphatic heterocycles. The predicted octanol–water partition coefficient (Wildman–Crippen LogP) is 1.17. The van der Waals surface area contributed by atoms with E-state index in [1.807, 2.05) is 0 Å². The minimum Gasteiger partial charge on any atom is -0.337 e. The summed E-state index contributed by atoms with van der Waals surface area (Å²) >= 11 is 0. The van der Waals surface area contributed by atoms with Gasteiger partial charge in [0.15, 0.2) is 0 Å². The molecule has 86 valence electrons. The zero-order chi connectivity index (χ0) is 11.4. The molecule has 0 aromatic heterocycles. The van der Waals surface area contributed by atoms with Crippen LogP contribution in [-0.2, 0) is 0 Å². The third-order valence-corrected chi connectivity index (χ3v) is 2.50. The monoisotopic (exact) mass is 223 g/mol. The molecule has 2 amide bonds. The second kappa shape index (κ2) is 4.94. The number of hydrogen-bond donors (Lipinski definition) is 3. The van der Waals surface area contributed by atoms with Gasteiger partial charge in [-0.05, 0) is 18.2 Å². The summed E-state index contributed by atoms with van der Waals surface area (Å²) in [6, 6.07) is 5.53. The topological polar surface area (TPSA) is 53.2 Å². The maximum Gasteiger partial charge on any atom is 0.319 e. The highest BCUT2D eigenvalue weighted by molar-refractivity contribution is 5.89. The second-order valence-electron chi connectivity index (χ2n) is 3.87. The quantitative estimate of drug-likeness (QED) is 0.720. The molecule has 1 saturated heterocycles. The van der Waals surface area contributed by atoms with Crippen LogP contribution >= 0.6 is 0 Å². The number of carbonyl (C=O) groups excluding carboxylic acids is 1. The molecule has 1 heterocycles. The van der Waals surface area contributed by atoms with Crippen molar-refractivity contribution < 1.29 is 9.18 Å². The lowest BCUT2D eigenvalue weighted by atomic mass is 10.0. The molecule has 1 fully saturated rings. The number of benzene rings is 1. The number of halogens is 1. The number of nitrogens with one attached hydrogen (secondary N) is 3. The van der Waals surface area contributed by atoms with Gasteiger partial charge in [-0.3, -0.25) is 0 Å². The maximum atomic E-state index is 12.8. The summed E-state index contributed by atoms with van der Waals surface area (Å²) < 4.78 is 12.8. The number of urea groups is 1. The van der Waals surface area contributed by atoms with Crippen molar-refractivity contribution in [2.75, 3.05) is 25.0 Å². The van der Waals surface area contributed by atoms with E-state index in [1.165, 1.54) is 12.1 Å². The van der Waals surface area contributed by atoms with Gasteiger partial charge in [-0.1, -0.05) is 6.07 Å². The van der Waals surface area contributed by atoms with Crippen molar-refractivity contribution in [1.82, 2.24) is 10.6 Å². The van der Waals surface area contributed by atoms with Crippen molar-refractivity contribution in [2.24, 2.45) is 5.92 Å². The summed E-state index contributed by atoms with van der Waals surface area (Å²) in [6.07, 6.45) is 0. The van der Waals surface area contributed by atoms with Crippen LogP contribution < -0.4 is 16.0 Å². The van der Waals surface area contributed by atoms with Crippen LogP contribution in [0, 0.1) is 11.7 Å². The molecule has 0 spiro atoms. The fraction of sp³-hybridized carbons (Fsp3) is 0.364. The van der Waals surface area contributed by atoms with E-state index < -0.39 is 0 Å². The highest BCUT2D eigenvalue weighted by Crippen LogP contribution is 2.08.